The Bertz CT molecular complexity index is 1070. The molecule has 2 atom stereocenters. The first kappa shape index (κ1) is 19.4. The second-order valence-corrected chi connectivity index (χ2v) is 7.26. The number of methoxy groups -OCH3 is 1. The van der Waals surface area contributed by atoms with Crippen molar-refractivity contribution in [3.05, 3.63) is 40.4 Å². The maximum Gasteiger partial charge on any atom is 0.307 e. The van der Waals surface area contributed by atoms with Gasteiger partial charge in [-0.15, -0.1) is 0 Å². The summed E-state index contributed by atoms with van der Waals surface area (Å²) in [7, 11) is 1.57. The van der Waals surface area contributed by atoms with Crippen molar-refractivity contribution in [2.24, 2.45) is 0 Å². The van der Waals surface area contributed by atoms with E-state index in [9.17, 15) is 15.0 Å². The zero-order valence-corrected chi connectivity index (χ0v) is 16.3. The Balaban J connectivity index is 1.77. The fraction of sp³-hybridized carbons (Fsp3) is 0.450. The summed E-state index contributed by atoms with van der Waals surface area (Å²) >= 11 is 0. The van der Waals surface area contributed by atoms with Crippen LogP contribution in [0.15, 0.2) is 29.1 Å². The van der Waals surface area contributed by atoms with Gasteiger partial charge in [0.1, 0.15) is 17.3 Å². The molecule has 9 heteroatoms. The lowest BCUT2D eigenvalue weighted by Gasteiger charge is -2.13. The average Bonchev–Trinajstić information content (AvgIpc) is 3.29. The molecule has 1 saturated carbocycles. The molecular formula is C20H24N4O5. The molecule has 1 aliphatic rings. The van der Waals surface area contributed by atoms with Crippen LogP contribution in [0, 0.1) is 0 Å². The van der Waals surface area contributed by atoms with Crippen LogP contribution >= 0.6 is 0 Å². The van der Waals surface area contributed by atoms with Gasteiger partial charge < -0.3 is 24.7 Å². The summed E-state index contributed by atoms with van der Waals surface area (Å²) in [5, 5.41) is 19.7. The predicted molar refractivity (Wildman–Crippen MR) is 105 cm³/mol. The van der Waals surface area contributed by atoms with Crippen LogP contribution in [0.4, 0.5) is 0 Å². The fourth-order valence-corrected chi connectivity index (χ4v) is 3.70. The predicted octanol–water partition coefficient (Wildman–Crippen LogP) is 1.93. The summed E-state index contributed by atoms with van der Waals surface area (Å²) in [6.45, 7) is 2.57. The number of nitrogens with one attached hydrogen (secondary N) is 1. The molecular weight excluding hydrogens is 376 g/mol. The third kappa shape index (κ3) is 3.70. The van der Waals surface area contributed by atoms with Gasteiger partial charge >= 0.3 is 11.6 Å². The number of nitrogens with zero attached hydrogens (tertiary/aromatic N) is 3. The van der Waals surface area contributed by atoms with Crippen molar-refractivity contribution in [2.75, 3.05) is 7.11 Å². The van der Waals surface area contributed by atoms with Gasteiger partial charge in [0.05, 0.1) is 19.3 Å². The number of aromatic nitrogens is 4. The number of fused-ring (bicyclic) bond motifs is 1. The summed E-state index contributed by atoms with van der Waals surface area (Å²) in [5.74, 6) is 1.55. The molecule has 3 N–H and O–H groups in total. The minimum atomic E-state index is -0.784. The van der Waals surface area contributed by atoms with E-state index >= 15 is 0 Å². The zero-order chi connectivity index (χ0) is 20.5. The molecule has 2 heterocycles. The molecule has 1 fully saturated rings. The first-order valence-corrected chi connectivity index (χ1v) is 9.68. The van der Waals surface area contributed by atoms with Crippen molar-refractivity contribution in [2.45, 2.75) is 50.9 Å². The van der Waals surface area contributed by atoms with Gasteiger partial charge in [0.25, 0.3) is 0 Å². The molecule has 2 aromatic heterocycles. The number of aliphatic hydroxyl groups is 2. The van der Waals surface area contributed by atoms with Crippen LogP contribution in [0.1, 0.15) is 37.9 Å². The summed E-state index contributed by atoms with van der Waals surface area (Å²) in [5.41, 5.74) is 0.279. The topological polar surface area (TPSA) is 122 Å². The molecule has 1 aromatic carbocycles. The van der Waals surface area contributed by atoms with Gasteiger partial charge in [-0.3, -0.25) is 9.36 Å². The van der Waals surface area contributed by atoms with Crippen molar-refractivity contribution in [1.82, 2.24) is 19.5 Å². The Morgan fingerprint density at radius 3 is 2.62 bits per heavy atom. The third-order valence-corrected chi connectivity index (χ3v) is 5.18. The number of hydrogen-bond acceptors (Lipinski definition) is 7. The van der Waals surface area contributed by atoms with Crippen molar-refractivity contribution < 1.29 is 19.7 Å². The van der Waals surface area contributed by atoms with E-state index in [1.807, 2.05) is 6.92 Å². The van der Waals surface area contributed by atoms with Gasteiger partial charge in [-0.1, -0.05) is 13.0 Å². The number of ether oxygens (including phenoxy) is 2. The molecule has 0 amide bonds. The Labute approximate surface area is 167 Å². The smallest absolute Gasteiger partial charge is 0.307 e. The van der Waals surface area contributed by atoms with E-state index < -0.39 is 17.8 Å². The number of imidazole rings is 1. The van der Waals surface area contributed by atoms with Gasteiger partial charge in [-0.05, 0) is 31.4 Å². The first-order chi connectivity index (χ1) is 14.0. The van der Waals surface area contributed by atoms with Gasteiger partial charge in [0, 0.05) is 18.5 Å². The van der Waals surface area contributed by atoms with Gasteiger partial charge in [0.2, 0.25) is 0 Å². The van der Waals surface area contributed by atoms with Crippen molar-refractivity contribution in [3.63, 3.8) is 0 Å². The van der Waals surface area contributed by atoms with Crippen LogP contribution in [0.5, 0.6) is 17.5 Å². The number of aryl methyl sites for hydroxylation is 1. The average molecular weight is 400 g/mol. The van der Waals surface area contributed by atoms with E-state index in [-0.39, 0.29) is 11.9 Å². The lowest BCUT2D eigenvalue weighted by molar-refractivity contribution is 0.0438. The lowest BCUT2D eigenvalue weighted by Crippen LogP contribution is -2.17. The molecule has 0 bridgehead atoms. The van der Waals surface area contributed by atoms with Crippen molar-refractivity contribution >= 4 is 11.2 Å². The number of hydrogen-bond donors (Lipinski definition) is 3. The maximum atomic E-state index is 12.6. The third-order valence-electron chi connectivity index (χ3n) is 5.18. The Kier molecular flexibility index (Phi) is 5.25. The monoisotopic (exact) mass is 400 g/mol. The molecule has 0 spiro atoms. The molecule has 0 radical (unpaired) electrons. The van der Waals surface area contributed by atoms with Crippen LogP contribution < -0.4 is 15.0 Å². The highest BCUT2D eigenvalue weighted by atomic mass is 16.5. The molecule has 0 aliphatic heterocycles. The van der Waals surface area contributed by atoms with E-state index in [1.54, 1.807) is 35.9 Å². The first-order valence-electron chi connectivity index (χ1n) is 9.68. The van der Waals surface area contributed by atoms with Crippen molar-refractivity contribution in [3.8, 4) is 17.5 Å². The SMILES string of the molecule is CCCn1c(Oc2cccc(OC)c2)nc(=O)c2[nH]c(C3CC(O)C(O)C3)nc21. The standard InChI is InChI=1S/C20H24N4O5/c1-3-7-24-18-16(21-17(22-18)11-8-14(25)15(26)9-11)19(27)23-20(24)29-13-6-4-5-12(10-13)28-2/h4-6,10-11,14-15,25-26H,3,7-9H2,1-2H3,(H,21,22). The summed E-state index contributed by atoms with van der Waals surface area (Å²) < 4.78 is 12.9. The summed E-state index contributed by atoms with van der Waals surface area (Å²) in [4.78, 5) is 24.4. The van der Waals surface area contributed by atoms with Gasteiger partial charge in [-0.2, -0.15) is 4.98 Å². The molecule has 3 aromatic rings. The number of benzene rings is 1. The normalized spacial score (nSPS) is 21.6. The highest BCUT2D eigenvalue weighted by Gasteiger charge is 2.34. The summed E-state index contributed by atoms with van der Waals surface area (Å²) in [6, 6.07) is 7.21. The number of aliphatic hydroxyl groups excluding tert-OH is 2. The van der Waals surface area contributed by atoms with Crippen LogP contribution in [0.3, 0.4) is 0 Å². The van der Waals surface area contributed by atoms with Crippen LogP contribution in [0.25, 0.3) is 11.2 Å². The quantitative estimate of drug-likeness (QED) is 0.578. The molecule has 0 saturated heterocycles. The minimum Gasteiger partial charge on any atom is -0.497 e. The van der Waals surface area contributed by atoms with Crippen LogP contribution in [-0.2, 0) is 6.54 Å². The van der Waals surface area contributed by atoms with E-state index in [4.69, 9.17) is 9.47 Å². The zero-order valence-electron chi connectivity index (χ0n) is 16.3. The van der Waals surface area contributed by atoms with Crippen LogP contribution in [-0.4, -0.2) is 49.0 Å². The maximum absolute atomic E-state index is 12.6. The largest absolute Gasteiger partial charge is 0.497 e. The summed E-state index contributed by atoms with van der Waals surface area (Å²) in [6.07, 6.45) is 0.00476. The van der Waals surface area contributed by atoms with E-state index in [0.717, 1.165) is 6.42 Å². The molecule has 154 valence electrons. The van der Waals surface area contributed by atoms with Gasteiger partial charge in [0.15, 0.2) is 11.2 Å². The minimum absolute atomic E-state index is 0.148. The number of H-pyrrole nitrogens is 1. The second-order valence-electron chi connectivity index (χ2n) is 7.26. The Hall–Kier alpha value is -2.91. The van der Waals surface area contributed by atoms with Crippen LogP contribution in [0.2, 0.25) is 0 Å². The molecule has 9 nitrogen and oxygen atoms in total. The van der Waals surface area contributed by atoms with E-state index in [2.05, 4.69) is 15.0 Å². The molecule has 29 heavy (non-hydrogen) atoms. The Morgan fingerprint density at radius 2 is 1.93 bits per heavy atom. The molecule has 2 unspecified atom stereocenters. The highest BCUT2D eigenvalue weighted by molar-refractivity contribution is 5.71. The number of rotatable bonds is 6. The van der Waals surface area contributed by atoms with E-state index in [0.29, 0.717) is 47.9 Å². The second kappa shape index (κ2) is 7.84. The fourth-order valence-electron chi connectivity index (χ4n) is 3.70. The highest BCUT2D eigenvalue weighted by Crippen LogP contribution is 2.34. The van der Waals surface area contributed by atoms with Gasteiger partial charge in [-0.25, -0.2) is 4.98 Å². The van der Waals surface area contributed by atoms with Crippen molar-refractivity contribution in [1.29, 1.82) is 0 Å². The number of aromatic amines is 1. The van der Waals surface area contributed by atoms with E-state index in [1.165, 1.54) is 0 Å². The Morgan fingerprint density at radius 1 is 1.21 bits per heavy atom. The molecule has 4 rings (SSSR count). The lowest BCUT2D eigenvalue weighted by atomic mass is 10.1. The molecule has 1 aliphatic carbocycles.